The standard InChI is InChI=1S/C6H25NSi5/c1-5(2)7(6(3)4)11-12(8,9)10/h5-6H,11H2,1-4,8-10H3. The molecule has 0 rings (SSSR count). The van der Waals surface area contributed by atoms with Crippen molar-refractivity contribution >= 4 is 44.6 Å². The van der Waals surface area contributed by atoms with Gasteiger partial charge in [-0.2, -0.15) is 0 Å². The van der Waals surface area contributed by atoms with E-state index in [4.69, 9.17) is 0 Å². The molecule has 0 bridgehead atoms. The molecule has 6 heteroatoms. The first-order valence-electron chi connectivity index (χ1n) is 5.00. The van der Waals surface area contributed by atoms with Crippen LogP contribution in [0, 0.1) is 0 Å². The highest BCUT2D eigenvalue weighted by atomic mass is 30.1. The van der Waals surface area contributed by atoms with Gasteiger partial charge in [0.1, 0.15) is 0 Å². The minimum atomic E-state index is -0.364. The summed E-state index contributed by atoms with van der Waals surface area (Å²) < 4.78 is 2.85. The van der Waals surface area contributed by atoms with Gasteiger partial charge in [-0.3, -0.25) is 0 Å². The molecule has 0 aromatic carbocycles. The van der Waals surface area contributed by atoms with Gasteiger partial charge in [-0.25, -0.2) is 0 Å². The van der Waals surface area contributed by atoms with E-state index in [9.17, 15) is 0 Å². The summed E-state index contributed by atoms with van der Waals surface area (Å²) in [7, 11) is 5.03. The highest BCUT2D eigenvalue weighted by Crippen LogP contribution is 2.04. The van der Waals surface area contributed by atoms with E-state index >= 15 is 0 Å². The zero-order chi connectivity index (χ0) is 9.94. The molecule has 0 amide bonds. The van der Waals surface area contributed by atoms with E-state index in [1.807, 2.05) is 0 Å². The van der Waals surface area contributed by atoms with Crippen LogP contribution < -0.4 is 0 Å². The average molecular weight is 252 g/mol. The molecular weight excluding hydrogens is 227 g/mol. The number of hydrogen-bond acceptors (Lipinski definition) is 1. The molecule has 0 aliphatic carbocycles. The molecule has 0 saturated carbocycles. The lowest BCUT2D eigenvalue weighted by molar-refractivity contribution is 0.317. The number of hydrogen-bond donors (Lipinski definition) is 0. The first kappa shape index (κ1) is 13.0. The molecule has 1 nitrogen and oxygen atoms in total. The van der Waals surface area contributed by atoms with Crippen LogP contribution in [0.1, 0.15) is 27.7 Å². The van der Waals surface area contributed by atoms with Gasteiger partial charge in [0.15, 0.2) is 0 Å². The van der Waals surface area contributed by atoms with Crippen molar-refractivity contribution in [3.05, 3.63) is 0 Å². The van der Waals surface area contributed by atoms with E-state index in [1.165, 1.54) is 0 Å². The van der Waals surface area contributed by atoms with Crippen molar-refractivity contribution in [3.8, 4) is 0 Å². The Kier molecular flexibility index (Phi) is 5.50. The maximum absolute atomic E-state index is 2.85. The molecule has 0 atom stereocenters. The lowest BCUT2D eigenvalue weighted by Crippen LogP contribution is -2.57. The summed E-state index contributed by atoms with van der Waals surface area (Å²) >= 11 is 0. The third kappa shape index (κ3) is 5.65. The van der Waals surface area contributed by atoms with Gasteiger partial charge in [0, 0.05) is 6.14 Å². The van der Waals surface area contributed by atoms with E-state index < -0.39 is 0 Å². The van der Waals surface area contributed by atoms with Gasteiger partial charge in [0.05, 0.1) is 9.20 Å². The van der Waals surface area contributed by atoms with Crippen LogP contribution in [0.3, 0.4) is 0 Å². The van der Waals surface area contributed by atoms with Crippen LogP contribution in [-0.2, 0) is 0 Å². The summed E-state index contributed by atoms with van der Waals surface area (Å²) in [6, 6.07) is 1.64. The first-order chi connectivity index (χ1) is 5.24. The average Bonchev–Trinajstić information content (AvgIpc) is 1.79. The monoisotopic (exact) mass is 251 g/mol. The van der Waals surface area contributed by atoms with Crippen molar-refractivity contribution in [1.29, 1.82) is 0 Å². The van der Waals surface area contributed by atoms with Crippen molar-refractivity contribution in [2.45, 2.75) is 39.8 Å². The van der Waals surface area contributed by atoms with Gasteiger partial charge >= 0.3 is 0 Å². The highest BCUT2D eigenvalue weighted by Gasteiger charge is 2.22. The van der Waals surface area contributed by atoms with Crippen molar-refractivity contribution in [2.24, 2.45) is 0 Å². The normalized spacial score (nSPS) is 19.2. The van der Waals surface area contributed by atoms with Crippen molar-refractivity contribution in [2.75, 3.05) is 0 Å². The molecule has 0 spiro atoms. The van der Waals surface area contributed by atoms with Crippen molar-refractivity contribution in [1.82, 2.24) is 4.57 Å². The number of nitrogens with zero attached hydrogens (tertiary/aromatic N) is 1. The largest absolute Gasteiger partial charge is 0.328 e. The SMILES string of the molecule is CC(C)N([SiH2][Si]([SiH3])([SiH3])[SiH3])C(C)C. The lowest BCUT2D eigenvalue weighted by atomic mass is 10.3. The highest BCUT2D eigenvalue weighted by molar-refractivity contribution is 7.78. The Morgan fingerprint density at radius 3 is 1.42 bits per heavy atom. The van der Waals surface area contributed by atoms with Gasteiger partial charge in [-0.1, -0.05) is 27.7 Å². The predicted molar refractivity (Wildman–Crippen MR) is 76.2 cm³/mol. The molecule has 0 heterocycles. The fraction of sp³-hybridized carbons (Fsp3) is 1.00. The summed E-state index contributed by atoms with van der Waals surface area (Å²) in [6.45, 7) is 9.49. The fourth-order valence-corrected chi connectivity index (χ4v) is 18.7. The van der Waals surface area contributed by atoms with Crippen molar-refractivity contribution in [3.63, 3.8) is 0 Å². The number of rotatable bonds is 4. The summed E-state index contributed by atoms with van der Waals surface area (Å²) in [4.78, 5) is 0. The summed E-state index contributed by atoms with van der Waals surface area (Å²) in [5.41, 5.74) is 0. The van der Waals surface area contributed by atoms with Crippen LogP contribution in [0.15, 0.2) is 0 Å². The van der Waals surface area contributed by atoms with E-state index in [-0.39, 0.29) is 15.3 Å². The predicted octanol–water partition coefficient (Wildman–Crippen LogP) is -3.28. The molecule has 12 heavy (non-hydrogen) atoms. The zero-order valence-corrected chi connectivity index (χ0v) is 18.2. The molecule has 0 aromatic heterocycles. The van der Waals surface area contributed by atoms with E-state index in [0.717, 1.165) is 12.1 Å². The van der Waals surface area contributed by atoms with Gasteiger partial charge in [-0.05, 0) is 41.4 Å². The van der Waals surface area contributed by atoms with Crippen molar-refractivity contribution < 1.29 is 0 Å². The van der Waals surface area contributed by atoms with Crippen LogP contribution in [0.2, 0.25) is 0 Å². The molecule has 0 aliphatic rings. The second-order valence-electron chi connectivity index (χ2n) is 5.42. The van der Waals surface area contributed by atoms with E-state index in [0.29, 0.717) is 0 Å². The maximum atomic E-state index is 2.85. The van der Waals surface area contributed by atoms with Gasteiger partial charge in [0.2, 0.25) is 0 Å². The summed E-state index contributed by atoms with van der Waals surface area (Å²) in [5, 5.41) is 0. The Bertz CT molecular complexity index is 122. The van der Waals surface area contributed by atoms with Gasteiger partial charge in [-0.15, -0.1) is 0 Å². The molecule has 0 aliphatic heterocycles. The third-order valence-corrected chi connectivity index (χ3v) is 17.2. The molecule has 0 unspecified atom stereocenters. The zero-order valence-electron chi connectivity index (χ0n) is 9.81. The molecular formula is C6H25NSi5. The lowest BCUT2D eigenvalue weighted by Gasteiger charge is -2.35. The quantitative estimate of drug-likeness (QED) is 0.474. The molecule has 74 valence electrons. The van der Waals surface area contributed by atoms with Gasteiger partial charge < -0.3 is 4.57 Å². The van der Waals surface area contributed by atoms with Crippen LogP contribution in [0.25, 0.3) is 0 Å². The second kappa shape index (κ2) is 5.06. The Labute approximate surface area is 89.0 Å². The molecule has 0 saturated heterocycles. The van der Waals surface area contributed by atoms with E-state index in [1.54, 1.807) is 29.3 Å². The Hall–Kier alpha value is 1.04. The fourth-order valence-electron chi connectivity index (χ4n) is 1.51. The minimum absolute atomic E-state index is 0.226. The Morgan fingerprint density at radius 2 is 1.33 bits per heavy atom. The smallest absolute Gasteiger partial charge is 0.0775 e. The molecule has 0 radical (unpaired) electrons. The molecule has 0 N–H and O–H groups in total. The molecule has 0 aromatic rings. The van der Waals surface area contributed by atoms with Crippen LogP contribution >= 0.6 is 0 Å². The van der Waals surface area contributed by atoms with E-state index in [2.05, 4.69) is 32.3 Å². The van der Waals surface area contributed by atoms with Gasteiger partial charge in [0.25, 0.3) is 0 Å². The third-order valence-electron chi connectivity index (χ3n) is 1.98. The second-order valence-corrected chi connectivity index (χ2v) is 74.0. The summed E-state index contributed by atoms with van der Waals surface area (Å²) in [6.07, 6.45) is -0.364. The molecule has 0 fully saturated rings. The maximum Gasteiger partial charge on any atom is 0.0775 e. The Morgan fingerprint density at radius 1 is 1.00 bits per heavy atom. The van der Waals surface area contributed by atoms with Crippen LogP contribution in [0.4, 0.5) is 0 Å². The first-order valence-corrected chi connectivity index (χ1v) is 20.5. The summed E-state index contributed by atoms with van der Waals surface area (Å²) in [5.74, 6) is 0. The minimum Gasteiger partial charge on any atom is -0.328 e. The van der Waals surface area contributed by atoms with Crippen LogP contribution in [-0.4, -0.2) is 61.3 Å². The topological polar surface area (TPSA) is 3.24 Å². The Balaban J connectivity index is 4.15. The van der Waals surface area contributed by atoms with Crippen LogP contribution in [0.5, 0.6) is 0 Å².